The predicted molar refractivity (Wildman–Crippen MR) is 117 cm³/mol. The summed E-state index contributed by atoms with van der Waals surface area (Å²) in [5.41, 5.74) is 2.30. The predicted octanol–water partition coefficient (Wildman–Crippen LogP) is 2.73. The van der Waals surface area contributed by atoms with Crippen LogP contribution in [-0.4, -0.2) is 43.4 Å². The lowest BCUT2D eigenvalue weighted by atomic mass is 10.2. The Hall–Kier alpha value is -3.66. The number of hydrogen-bond acceptors (Lipinski definition) is 6. The van der Waals surface area contributed by atoms with Gasteiger partial charge in [-0.1, -0.05) is 35.5 Å². The Morgan fingerprint density at radius 3 is 2.42 bits per heavy atom. The molecular formula is C21H21N5O4S. The summed E-state index contributed by atoms with van der Waals surface area (Å²) in [4.78, 5) is 35.5. The molecule has 160 valence electrons. The largest absolute Gasteiger partial charge is 0.478 e. The molecule has 31 heavy (non-hydrogen) atoms. The van der Waals surface area contributed by atoms with Crippen molar-refractivity contribution in [2.45, 2.75) is 18.5 Å². The normalized spacial score (nSPS) is 10.5. The van der Waals surface area contributed by atoms with Gasteiger partial charge in [0.2, 0.25) is 11.8 Å². The van der Waals surface area contributed by atoms with E-state index >= 15 is 0 Å². The molecule has 0 bridgehead atoms. The van der Waals surface area contributed by atoms with E-state index in [1.807, 2.05) is 31.2 Å². The highest BCUT2D eigenvalue weighted by Crippen LogP contribution is 2.18. The number of nitrogens with zero attached hydrogens (tertiary/aromatic N) is 3. The van der Waals surface area contributed by atoms with Gasteiger partial charge in [-0.15, -0.1) is 10.2 Å². The van der Waals surface area contributed by atoms with Gasteiger partial charge in [-0.2, -0.15) is 0 Å². The fraction of sp³-hybridized carbons (Fsp3) is 0.190. The Bertz CT molecular complexity index is 1110. The maximum Gasteiger partial charge on any atom is 0.335 e. The summed E-state index contributed by atoms with van der Waals surface area (Å²) in [6, 6.07) is 13.5. The Morgan fingerprint density at radius 1 is 1.00 bits per heavy atom. The number of carbonyl (C=O) groups excluding carboxylic acids is 2. The van der Waals surface area contributed by atoms with E-state index in [2.05, 4.69) is 20.8 Å². The van der Waals surface area contributed by atoms with E-state index in [-0.39, 0.29) is 29.6 Å². The summed E-state index contributed by atoms with van der Waals surface area (Å²) in [5.74, 6) is -1.06. The number of benzene rings is 2. The van der Waals surface area contributed by atoms with E-state index in [0.717, 1.165) is 5.56 Å². The van der Waals surface area contributed by atoms with Crippen molar-refractivity contribution in [2.24, 2.45) is 7.05 Å². The molecule has 3 aromatic rings. The van der Waals surface area contributed by atoms with Gasteiger partial charge >= 0.3 is 5.97 Å². The lowest BCUT2D eigenvalue weighted by molar-refractivity contribution is -0.116. The van der Waals surface area contributed by atoms with Gasteiger partial charge < -0.3 is 20.3 Å². The molecule has 10 heteroatoms. The lowest BCUT2D eigenvalue weighted by Crippen LogP contribution is -2.17. The number of carbonyl (C=O) groups is 3. The maximum absolute atomic E-state index is 12.3. The molecule has 0 aliphatic carbocycles. The van der Waals surface area contributed by atoms with Crippen LogP contribution in [0.5, 0.6) is 0 Å². The zero-order chi connectivity index (χ0) is 22.4. The molecule has 2 amide bonds. The van der Waals surface area contributed by atoms with Crippen molar-refractivity contribution in [1.82, 2.24) is 14.8 Å². The highest BCUT2D eigenvalue weighted by atomic mass is 32.2. The number of rotatable bonds is 8. The van der Waals surface area contributed by atoms with Crippen LogP contribution in [0.3, 0.4) is 0 Å². The summed E-state index contributed by atoms with van der Waals surface area (Å²) >= 11 is 1.17. The standard InChI is InChI=1S/C21H21N5O4S/c1-13-6-8-15(9-7-13)22-18(27)11-17-24-25-21(26(17)2)31-12-19(28)23-16-5-3-4-14(10-16)20(29)30/h3-10H,11-12H2,1-2H3,(H,22,27)(H,23,28)(H,29,30). The number of hydrogen-bond donors (Lipinski definition) is 3. The molecule has 0 spiro atoms. The van der Waals surface area contributed by atoms with Crippen LogP contribution in [0.15, 0.2) is 53.7 Å². The average molecular weight is 439 g/mol. The fourth-order valence-electron chi connectivity index (χ4n) is 2.67. The smallest absolute Gasteiger partial charge is 0.335 e. The van der Waals surface area contributed by atoms with E-state index in [0.29, 0.717) is 22.4 Å². The van der Waals surface area contributed by atoms with Crippen molar-refractivity contribution >= 4 is 40.9 Å². The van der Waals surface area contributed by atoms with Gasteiger partial charge in [-0.25, -0.2) is 4.79 Å². The first-order valence-electron chi connectivity index (χ1n) is 9.32. The first kappa shape index (κ1) is 22.0. The number of carboxylic acids is 1. The third-order valence-electron chi connectivity index (χ3n) is 4.30. The Balaban J connectivity index is 1.53. The number of aromatic carboxylic acids is 1. The monoisotopic (exact) mass is 439 g/mol. The third kappa shape index (κ3) is 6.16. The van der Waals surface area contributed by atoms with Crippen LogP contribution in [0.4, 0.5) is 11.4 Å². The molecule has 0 aliphatic heterocycles. The summed E-state index contributed by atoms with van der Waals surface area (Å²) in [5, 5.41) is 23.1. The Morgan fingerprint density at radius 2 is 1.71 bits per heavy atom. The molecular weight excluding hydrogens is 418 g/mol. The van der Waals surface area contributed by atoms with Crippen molar-refractivity contribution in [2.75, 3.05) is 16.4 Å². The first-order valence-corrected chi connectivity index (χ1v) is 10.3. The minimum Gasteiger partial charge on any atom is -0.478 e. The molecule has 3 N–H and O–H groups in total. The third-order valence-corrected chi connectivity index (χ3v) is 5.32. The summed E-state index contributed by atoms with van der Waals surface area (Å²) in [6.07, 6.45) is 0.0477. The van der Waals surface area contributed by atoms with Gasteiger partial charge in [0, 0.05) is 18.4 Å². The molecule has 0 saturated carbocycles. The molecule has 9 nitrogen and oxygen atoms in total. The van der Waals surface area contributed by atoms with Crippen molar-refractivity contribution < 1.29 is 19.5 Å². The van der Waals surface area contributed by atoms with Crippen LogP contribution < -0.4 is 10.6 Å². The van der Waals surface area contributed by atoms with Gasteiger partial charge in [-0.3, -0.25) is 9.59 Å². The molecule has 1 aromatic heterocycles. The van der Waals surface area contributed by atoms with Gasteiger partial charge in [0.1, 0.15) is 5.82 Å². The van der Waals surface area contributed by atoms with Crippen molar-refractivity contribution in [3.05, 3.63) is 65.5 Å². The molecule has 3 rings (SSSR count). The van der Waals surface area contributed by atoms with Crippen LogP contribution in [-0.2, 0) is 23.1 Å². The zero-order valence-electron chi connectivity index (χ0n) is 17.0. The van der Waals surface area contributed by atoms with E-state index in [1.165, 1.54) is 23.9 Å². The number of anilines is 2. The number of thioether (sulfide) groups is 1. The molecule has 0 saturated heterocycles. The second kappa shape index (κ2) is 9.90. The minimum atomic E-state index is -1.07. The average Bonchev–Trinajstić information content (AvgIpc) is 3.07. The van der Waals surface area contributed by atoms with Crippen LogP contribution in [0.25, 0.3) is 0 Å². The number of aryl methyl sites for hydroxylation is 1. The van der Waals surface area contributed by atoms with E-state index in [1.54, 1.807) is 23.7 Å². The Kier molecular flexibility index (Phi) is 7.03. The van der Waals surface area contributed by atoms with Gasteiger partial charge in [0.05, 0.1) is 17.7 Å². The lowest BCUT2D eigenvalue weighted by Gasteiger charge is -2.07. The van der Waals surface area contributed by atoms with Crippen LogP contribution >= 0.6 is 11.8 Å². The number of aromatic nitrogens is 3. The van der Waals surface area contributed by atoms with Crippen LogP contribution in [0.2, 0.25) is 0 Å². The van der Waals surface area contributed by atoms with E-state index in [9.17, 15) is 14.4 Å². The number of amides is 2. The second-order valence-electron chi connectivity index (χ2n) is 6.77. The molecule has 0 aliphatic rings. The summed E-state index contributed by atoms with van der Waals surface area (Å²) < 4.78 is 1.66. The Labute approximate surface area is 182 Å². The fourth-order valence-corrected chi connectivity index (χ4v) is 3.40. The van der Waals surface area contributed by atoms with Gasteiger partial charge in [0.15, 0.2) is 5.16 Å². The van der Waals surface area contributed by atoms with E-state index < -0.39 is 5.97 Å². The van der Waals surface area contributed by atoms with Crippen molar-refractivity contribution in [1.29, 1.82) is 0 Å². The van der Waals surface area contributed by atoms with Crippen molar-refractivity contribution in [3.63, 3.8) is 0 Å². The summed E-state index contributed by atoms with van der Waals surface area (Å²) in [7, 11) is 1.73. The molecule has 0 radical (unpaired) electrons. The van der Waals surface area contributed by atoms with Crippen LogP contribution in [0.1, 0.15) is 21.7 Å². The first-order chi connectivity index (χ1) is 14.8. The van der Waals surface area contributed by atoms with Crippen LogP contribution in [0, 0.1) is 6.92 Å². The molecule has 1 heterocycles. The molecule has 2 aromatic carbocycles. The quantitative estimate of drug-likeness (QED) is 0.461. The van der Waals surface area contributed by atoms with Gasteiger partial charge in [-0.05, 0) is 37.3 Å². The topological polar surface area (TPSA) is 126 Å². The molecule has 0 fully saturated rings. The van der Waals surface area contributed by atoms with E-state index in [4.69, 9.17) is 5.11 Å². The number of nitrogens with one attached hydrogen (secondary N) is 2. The zero-order valence-corrected chi connectivity index (χ0v) is 17.8. The minimum absolute atomic E-state index is 0.0477. The molecule has 0 unspecified atom stereocenters. The number of carboxylic acid groups (broad SMARTS) is 1. The van der Waals surface area contributed by atoms with Gasteiger partial charge in [0.25, 0.3) is 0 Å². The summed E-state index contributed by atoms with van der Waals surface area (Å²) in [6.45, 7) is 1.97. The maximum atomic E-state index is 12.3. The molecule has 0 atom stereocenters. The SMILES string of the molecule is Cc1ccc(NC(=O)Cc2nnc(SCC(=O)Nc3cccc(C(=O)O)c3)n2C)cc1. The highest BCUT2D eigenvalue weighted by Gasteiger charge is 2.15. The van der Waals surface area contributed by atoms with Crippen molar-refractivity contribution in [3.8, 4) is 0 Å². The highest BCUT2D eigenvalue weighted by molar-refractivity contribution is 7.99. The second-order valence-corrected chi connectivity index (χ2v) is 7.71.